The van der Waals surface area contributed by atoms with Crippen LogP contribution in [0.3, 0.4) is 0 Å². The van der Waals surface area contributed by atoms with Crippen LogP contribution in [0.25, 0.3) is 28.0 Å². The fraction of sp³-hybridized carbons (Fsp3) is 0.333. The Morgan fingerprint density at radius 1 is 1.13 bits per heavy atom. The van der Waals surface area contributed by atoms with Crippen molar-refractivity contribution in [3.63, 3.8) is 0 Å². The smallest absolute Gasteiger partial charge is 0.350 e. The molecule has 1 aliphatic rings. The maximum atomic E-state index is 16.0. The summed E-state index contributed by atoms with van der Waals surface area (Å²) in [5.41, 5.74) is -4.25. The van der Waals surface area contributed by atoms with Gasteiger partial charge in [0.2, 0.25) is 5.91 Å². The first-order valence-electron chi connectivity index (χ1n) is 14.1. The van der Waals surface area contributed by atoms with Crippen molar-refractivity contribution in [2.45, 2.75) is 43.8 Å². The highest BCUT2D eigenvalue weighted by Crippen LogP contribution is 2.38. The standard InChI is InChI=1S/C30H29F4N7O4S/c1-6-22(42)39-12-13-40(17(4)15-39)27-19-14-20(31)24(18-8-7-10-36-26(18)30(32,33)34)37-28(19)41(29(43)38-27)25-21(46(5,44)45)9-11-35-23(25)16(2)3/h6-11,14,16-17H,1,12-13,15H2,2-5H3/t17-/m0/s1. The van der Waals surface area contributed by atoms with Crippen molar-refractivity contribution >= 4 is 32.6 Å². The molecule has 1 saturated heterocycles. The van der Waals surface area contributed by atoms with Gasteiger partial charge in [-0.2, -0.15) is 18.2 Å². The fourth-order valence-electron chi connectivity index (χ4n) is 5.54. The molecule has 0 unspecified atom stereocenters. The van der Waals surface area contributed by atoms with Crippen LogP contribution >= 0.6 is 0 Å². The Bertz CT molecular complexity index is 2050. The van der Waals surface area contributed by atoms with Crippen LogP contribution in [0.5, 0.6) is 0 Å². The Morgan fingerprint density at radius 2 is 1.85 bits per heavy atom. The highest BCUT2D eigenvalue weighted by molar-refractivity contribution is 7.90. The second-order valence-electron chi connectivity index (χ2n) is 11.1. The monoisotopic (exact) mass is 659 g/mol. The zero-order valence-corrected chi connectivity index (χ0v) is 26.0. The first-order valence-corrected chi connectivity index (χ1v) is 16.0. The van der Waals surface area contributed by atoms with Gasteiger partial charge < -0.3 is 9.80 Å². The Morgan fingerprint density at radius 3 is 2.46 bits per heavy atom. The molecule has 0 bridgehead atoms. The van der Waals surface area contributed by atoms with E-state index in [2.05, 4.69) is 26.5 Å². The van der Waals surface area contributed by atoms with E-state index in [1.165, 1.54) is 24.4 Å². The van der Waals surface area contributed by atoms with Gasteiger partial charge in [-0.05, 0) is 43.2 Å². The van der Waals surface area contributed by atoms with Crippen LogP contribution in [0.2, 0.25) is 0 Å². The number of anilines is 1. The molecular formula is C30H29F4N7O4S. The van der Waals surface area contributed by atoms with Crippen molar-refractivity contribution in [2.24, 2.45) is 0 Å². The van der Waals surface area contributed by atoms with Crippen molar-refractivity contribution in [1.29, 1.82) is 0 Å². The number of carbonyl (C=O) groups is 1. The topological polar surface area (TPSA) is 131 Å². The Kier molecular flexibility index (Phi) is 8.44. The predicted molar refractivity (Wildman–Crippen MR) is 162 cm³/mol. The minimum Gasteiger partial charge on any atom is -0.350 e. The van der Waals surface area contributed by atoms with Crippen LogP contribution in [0, 0.1) is 5.82 Å². The molecule has 46 heavy (non-hydrogen) atoms. The molecule has 0 spiro atoms. The Labute approximate surface area is 261 Å². The molecule has 11 nitrogen and oxygen atoms in total. The number of sulfone groups is 1. The number of hydrogen-bond acceptors (Lipinski definition) is 9. The summed E-state index contributed by atoms with van der Waals surface area (Å²) in [6.07, 6.45) is -0.700. The fourth-order valence-corrected chi connectivity index (χ4v) is 6.39. The van der Waals surface area contributed by atoms with E-state index < -0.39 is 56.4 Å². The lowest BCUT2D eigenvalue weighted by Crippen LogP contribution is -2.54. The number of fused-ring (bicyclic) bond motifs is 1. The Balaban J connectivity index is 1.90. The van der Waals surface area contributed by atoms with Crippen molar-refractivity contribution in [1.82, 2.24) is 29.4 Å². The molecule has 1 amide bonds. The molecule has 4 aromatic heterocycles. The summed E-state index contributed by atoms with van der Waals surface area (Å²) in [5.74, 6) is -1.94. The van der Waals surface area contributed by atoms with Crippen LogP contribution in [0.4, 0.5) is 23.4 Å². The van der Waals surface area contributed by atoms with Crippen LogP contribution in [-0.2, 0) is 20.8 Å². The van der Waals surface area contributed by atoms with Crippen LogP contribution in [0.1, 0.15) is 38.1 Å². The molecule has 5 heterocycles. The second-order valence-corrected chi connectivity index (χ2v) is 13.1. The summed E-state index contributed by atoms with van der Waals surface area (Å²) in [4.78, 5) is 45.5. The van der Waals surface area contributed by atoms with Crippen LogP contribution in [0.15, 0.2) is 59.0 Å². The quantitative estimate of drug-likeness (QED) is 0.221. The minimum absolute atomic E-state index is 0.0365. The van der Waals surface area contributed by atoms with Gasteiger partial charge in [0.25, 0.3) is 0 Å². The molecule has 0 aliphatic carbocycles. The van der Waals surface area contributed by atoms with Crippen LogP contribution in [-0.4, -0.2) is 75.7 Å². The van der Waals surface area contributed by atoms with Gasteiger partial charge in [-0.15, -0.1) is 0 Å². The lowest BCUT2D eigenvalue weighted by Gasteiger charge is -2.40. The number of alkyl halides is 3. The molecule has 16 heteroatoms. The number of pyridine rings is 3. The molecule has 1 aliphatic heterocycles. The third-order valence-electron chi connectivity index (χ3n) is 7.60. The molecule has 0 N–H and O–H groups in total. The SMILES string of the molecule is C=CC(=O)N1CCN(c2nc(=O)n(-c3c(S(C)(=O)=O)ccnc3C(C)C)c3nc(-c4cccnc4C(F)(F)F)c(F)cc23)[C@@H](C)C1. The molecule has 0 saturated carbocycles. The van der Waals surface area contributed by atoms with Crippen molar-refractivity contribution in [2.75, 3.05) is 30.8 Å². The number of rotatable bonds is 6. The summed E-state index contributed by atoms with van der Waals surface area (Å²) >= 11 is 0. The molecule has 4 aromatic rings. The summed E-state index contributed by atoms with van der Waals surface area (Å²) in [7, 11) is -4.02. The third kappa shape index (κ3) is 5.84. The van der Waals surface area contributed by atoms with Gasteiger partial charge in [-0.25, -0.2) is 27.2 Å². The van der Waals surface area contributed by atoms with Crippen molar-refractivity contribution < 1.29 is 30.8 Å². The van der Waals surface area contributed by atoms with Gasteiger partial charge in [0.05, 0.1) is 21.7 Å². The molecule has 242 valence electrons. The normalized spacial score (nSPS) is 15.9. The largest absolute Gasteiger partial charge is 0.434 e. The highest BCUT2D eigenvalue weighted by Gasteiger charge is 2.37. The third-order valence-corrected chi connectivity index (χ3v) is 8.73. The molecule has 1 atom stereocenters. The first kappa shape index (κ1) is 32.7. The van der Waals surface area contributed by atoms with Gasteiger partial charge in [0.15, 0.2) is 21.2 Å². The van der Waals surface area contributed by atoms with E-state index in [1.54, 1.807) is 30.6 Å². The molecule has 0 aromatic carbocycles. The summed E-state index contributed by atoms with van der Waals surface area (Å²) in [6, 6.07) is 3.85. The highest BCUT2D eigenvalue weighted by atomic mass is 32.2. The lowest BCUT2D eigenvalue weighted by atomic mass is 10.1. The van der Waals surface area contributed by atoms with Gasteiger partial charge in [-0.3, -0.25) is 14.8 Å². The number of carbonyl (C=O) groups excluding carboxylic acids is 1. The van der Waals surface area contributed by atoms with E-state index >= 15 is 4.39 Å². The summed E-state index contributed by atoms with van der Waals surface area (Å²) in [5, 5.41) is -0.0772. The van der Waals surface area contributed by atoms with E-state index in [9.17, 15) is 31.2 Å². The predicted octanol–water partition coefficient (Wildman–Crippen LogP) is 4.15. The van der Waals surface area contributed by atoms with E-state index in [0.29, 0.717) is 0 Å². The number of hydrogen-bond donors (Lipinski definition) is 0. The summed E-state index contributed by atoms with van der Waals surface area (Å²) in [6.45, 7) is 9.25. The van der Waals surface area contributed by atoms with Gasteiger partial charge in [0, 0.05) is 49.9 Å². The number of piperazine rings is 1. The zero-order chi connectivity index (χ0) is 33.7. The second kappa shape index (κ2) is 11.9. The van der Waals surface area contributed by atoms with Gasteiger partial charge in [0.1, 0.15) is 17.3 Å². The van der Waals surface area contributed by atoms with Crippen molar-refractivity contribution in [3.05, 3.63) is 77.0 Å². The zero-order valence-electron chi connectivity index (χ0n) is 25.2. The average molecular weight is 660 g/mol. The van der Waals surface area contributed by atoms with Crippen molar-refractivity contribution in [3.8, 4) is 16.9 Å². The van der Waals surface area contributed by atoms with Gasteiger partial charge in [-0.1, -0.05) is 20.4 Å². The maximum Gasteiger partial charge on any atom is 0.434 e. The maximum absolute atomic E-state index is 16.0. The molecule has 0 radical (unpaired) electrons. The number of aromatic nitrogens is 5. The van der Waals surface area contributed by atoms with E-state index in [1.807, 2.05) is 0 Å². The van der Waals surface area contributed by atoms with E-state index in [-0.39, 0.29) is 58.7 Å². The molecule has 1 fully saturated rings. The number of nitrogens with zero attached hydrogens (tertiary/aromatic N) is 7. The summed E-state index contributed by atoms with van der Waals surface area (Å²) < 4.78 is 84.8. The average Bonchev–Trinajstić information content (AvgIpc) is 2.99. The molecule has 5 rings (SSSR count). The lowest BCUT2D eigenvalue weighted by molar-refractivity contribution is -0.140. The Hall–Kier alpha value is -4.73. The van der Waals surface area contributed by atoms with E-state index in [0.717, 1.165) is 29.2 Å². The molecular weight excluding hydrogens is 630 g/mol. The number of halogens is 4. The minimum atomic E-state index is -4.97. The first-order chi connectivity index (χ1) is 21.5. The number of amides is 1. The van der Waals surface area contributed by atoms with E-state index in [4.69, 9.17) is 0 Å². The van der Waals surface area contributed by atoms with Crippen LogP contribution < -0.4 is 10.6 Å². The van der Waals surface area contributed by atoms with Gasteiger partial charge >= 0.3 is 11.9 Å².